The second-order valence-corrected chi connectivity index (χ2v) is 3.83. The number of hydrogen-bond donors (Lipinski definition) is 2. The lowest BCUT2D eigenvalue weighted by atomic mass is 10.0. The highest BCUT2D eigenvalue weighted by atomic mass is 16.3. The molecule has 0 bridgehead atoms. The first-order chi connectivity index (χ1) is 5.72. The van der Waals surface area contributed by atoms with Crippen LogP contribution in [0.1, 0.15) is 19.8 Å². The molecule has 3 heteroatoms. The van der Waals surface area contributed by atoms with E-state index in [1.165, 1.54) is 25.9 Å². The van der Waals surface area contributed by atoms with Crippen LogP contribution in [-0.4, -0.2) is 48.8 Å². The van der Waals surface area contributed by atoms with Crippen LogP contribution in [-0.2, 0) is 0 Å². The Morgan fingerprint density at radius 1 is 1.50 bits per heavy atom. The van der Waals surface area contributed by atoms with Crippen molar-refractivity contribution in [2.45, 2.75) is 31.8 Å². The molecule has 0 radical (unpaired) electrons. The van der Waals surface area contributed by atoms with Gasteiger partial charge in [-0.15, -0.1) is 0 Å². The molecule has 1 aliphatic rings. The van der Waals surface area contributed by atoms with Gasteiger partial charge in [-0.2, -0.15) is 0 Å². The molecule has 0 aromatic heterocycles. The number of piperidine rings is 1. The Labute approximate surface area is 74.8 Å². The normalized spacial score (nSPS) is 24.2. The first kappa shape index (κ1) is 9.96. The maximum atomic E-state index is 8.84. The van der Waals surface area contributed by atoms with Crippen molar-refractivity contribution in [3.05, 3.63) is 0 Å². The van der Waals surface area contributed by atoms with E-state index in [0.717, 1.165) is 0 Å². The highest BCUT2D eigenvalue weighted by Crippen LogP contribution is 2.08. The summed E-state index contributed by atoms with van der Waals surface area (Å²) in [4.78, 5) is 2.35. The van der Waals surface area contributed by atoms with Gasteiger partial charge in [0.05, 0.1) is 6.61 Å². The highest BCUT2D eigenvalue weighted by molar-refractivity contribution is 4.77. The van der Waals surface area contributed by atoms with Crippen LogP contribution in [0.3, 0.4) is 0 Å². The molecule has 1 heterocycles. The monoisotopic (exact) mass is 172 g/mol. The zero-order valence-electron chi connectivity index (χ0n) is 8.08. The van der Waals surface area contributed by atoms with E-state index in [9.17, 15) is 0 Å². The fourth-order valence-corrected chi connectivity index (χ4v) is 1.63. The number of nitrogens with one attached hydrogen (secondary N) is 1. The molecule has 12 heavy (non-hydrogen) atoms. The second-order valence-electron chi connectivity index (χ2n) is 3.83. The molecule has 1 saturated heterocycles. The number of aliphatic hydroxyl groups excluding tert-OH is 1. The highest BCUT2D eigenvalue weighted by Gasteiger charge is 2.17. The Kier molecular flexibility index (Phi) is 3.98. The lowest BCUT2D eigenvalue weighted by molar-refractivity contribution is 0.196. The molecule has 2 N–H and O–H groups in total. The van der Waals surface area contributed by atoms with Crippen molar-refractivity contribution in [2.75, 3.05) is 26.7 Å². The minimum atomic E-state index is 0.242. The smallest absolute Gasteiger partial charge is 0.0582 e. The Morgan fingerprint density at radius 2 is 2.08 bits per heavy atom. The molecule has 0 aromatic rings. The van der Waals surface area contributed by atoms with Crippen molar-refractivity contribution in [3.63, 3.8) is 0 Å². The van der Waals surface area contributed by atoms with Crippen LogP contribution in [0.5, 0.6) is 0 Å². The van der Waals surface area contributed by atoms with Gasteiger partial charge in [-0.25, -0.2) is 0 Å². The fraction of sp³-hybridized carbons (Fsp3) is 1.00. The summed E-state index contributed by atoms with van der Waals surface area (Å²) in [7, 11) is 2.16. The Bertz CT molecular complexity index is 122. The van der Waals surface area contributed by atoms with Crippen molar-refractivity contribution in [3.8, 4) is 0 Å². The Hall–Kier alpha value is -0.120. The van der Waals surface area contributed by atoms with Crippen molar-refractivity contribution in [1.29, 1.82) is 0 Å². The number of hydrogen-bond acceptors (Lipinski definition) is 3. The molecule has 1 rings (SSSR count). The summed E-state index contributed by atoms with van der Waals surface area (Å²) >= 11 is 0. The predicted molar refractivity (Wildman–Crippen MR) is 50.2 cm³/mol. The zero-order valence-corrected chi connectivity index (χ0v) is 8.08. The van der Waals surface area contributed by atoms with Gasteiger partial charge >= 0.3 is 0 Å². The van der Waals surface area contributed by atoms with E-state index in [4.69, 9.17) is 5.11 Å². The van der Waals surface area contributed by atoms with Gasteiger partial charge in [0, 0.05) is 12.1 Å². The first-order valence-electron chi connectivity index (χ1n) is 4.78. The molecule has 0 saturated carbocycles. The van der Waals surface area contributed by atoms with Gasteiger partial charge in [-0.1, -0.05) is 0 Å². The molecule has 3 nitrogen and oxygen atoms in total. The molecule has 0 unspecified atom stereocenters. The van der Waals surface area contributed by atoms with Crippen LogP contribution in [0.15, 0.2) is 0 Å². The van der Waals surface area contributed by atoms with Crippen LogP contribution in [0.4, 0.5) is 0 Å². The molecule has 0 aliphatic carbocycles. The maximum Gasteiger partial charge on any atom is 0.0582 e. The molecule has 1 fully saturated rings. The number of aliphatic hydroxyl groups is 1. The SMILES string of the molecule is C[C@H](CO)NC1CCN(C)CC1. The lowest BCUT2D eigenvalue weighted by Crippen LogP contribution is -2.45. The molecule has 72 valence electrons. The summed E-state index contributed by atoms with van der Waals surface area (Å²) in [5, 5.41) is 12.3. The minimum absolute atomic E-state index is 0.242. The number of nitrogens with zero attached hydrogens (tertiary/aromatic N) is 1. The average molecular weight is 172 g/mol. The van der Waals surface area contributed by atoms with Gasteiger partial charge in [0.25, 0.3) is 0 Å². The summed E-state index contributed by atoms with van der Waals surface area (Å²) in [6, 6.07) is 0.863. The fourth-order valence-electron chi connectivity index (χ4n) is 1.63. The topological polar surface area (TPSA) is 35.5 Å². The summed E-state index contributed by atoms with van der Waals surface area (Å²) in [5.74, 6) is 0. The van der Waals surface area contributed by atoms with Gasteiger partial charge in [0.2, 0.25) is 0 Å². The third kappa shape index (κ3) is 3.09. The van der Waals surface area contributed by atoms with Crippen LogP contribution in [0.25, 0.3) is 0 Å². The largest absolute Gasteiger partial charge is 0.395 e. The molecular weight excluding hydrogens is 152 g/mol. The molecule has 0 aromatic carbocycles. The average Bonchev–Trinajstić information content (AvgIpc) is 2.09. The first-order valence-corrected chi connectivity index (χ1v) is 4.78. The van der Waals surface area contributed by atoms with E-state index in [-0.39, 0.29) is 12.6 Å². The van der Waals surface area contributed by atoms with Gasteiger partial charge in [-0.05, 0) is 39.9 Å². The Morgan fingerprint density at radius 3 is 2.58 bits per heavy atom. The third-order valence-electron chi connectivity index (χ3n) is 2.51. The zero-order chi connectivity index (χ0) is 8.97. The summed E-state index contributed by atoms with van der Waals surface area (Å²) in [6.45, 7) is 4.62. The summed E-state index contributed by atoms with van der Waals surface area (Å²) < 4.78 is 0. The van der Waals surface area contributed by atoms with Gasteiger partial charge in [-0.3, -0.25) is 0 Å². The van der Waals surface area contributed by atoms with Crippen molar-refractivity contribution >= 4 is 0 Å². The molecule has 1 aliphatic heterocycles. The molecule has 0 spiro atoms. The number of likely N-dealkylation sites (tertiary alicyclic amines) is 1. The maximum absolute atomic E-state index is 8.84. The molecular formula is C9H20N2O. The van der Waals surface area contributed by atoms with E-state index >= 15 is 0 Å². The summed E-state index contributed by atoms with van der Waals surface area (Å²) in [5.41, 5.74) is 0. The second kappa shape index (κ2) is 4.80. The van der Waals surface area contributed by atoms with Crippen molar-refractivity contribution in [1.82, 2.24) is 10.2 Å². The van der Waals surface area contributed by atoms with Gasteiger partial charge < -0.3 is 15.3 Å². The lowest BCUT2D eigenvalue weighted by Gasteiger charge is -2.31. The molecule has 1 atom stereocenters. The van der Waals surface area contributed by atoms with E-state index in [1.54, 1.807) is 0 Å². The van der Waals surface area contributed by atoms with Crippen LogP contribution in [0.2, 0.25) is 0 Å². The van der Waals surface area contributed by atoms with Gasteiger partial charge in [0.15, 0.2) is 0 Å². The quantitative estimate of drug-likeness (QED) is 0.631. The van der Waals surface area contributed by atoms with Gasteiger partial charge in [0.1, 0.15) is 0 Å². The number of rotatable bonds is 3. The minimum Gasteiger partial charge on any atom is -0.395 e. The van der Waals surface area contributed by atoms with E-state index in [0.29, 0.717) is 6.04 Å². The van der Waals surface area contributed by atoms with E-state index < -0.39 is 0 Å². The van der Waals surface area contributed by atoms with Crippen LogP contribution < -0.4 is 5.32 Å². The third-order valence-corrected chi connectivity index (χ3v) is 2.51. The van der Waals surface area contributed by atoms with E-state index in [1.807, 2.05) is 6.92 Å². The predicted octanol–water partition coefficient (Wildman–Crippen LogP) is 0.0510. The van der Waals surface area contributed by atoms with Crippen molar-refractivity contribution < 1.29 is 5.11 Å². The van der Waals surface area contributed by atoms with Crippen LogP contribution >= 0.6 is 0 Å². The molecule has 0 amide bonds. The standard InChI is InChI=1S/C9H20N2O/c1-8(7-12)10-9-3-5-11(2)6-4-9/h8-10,12H,3-7H2,1-2H3/t8-/m1/s1. The van der Waals surface area contributed by atoms with Crippen molar-refractivity contribution in [2.24, 2.45) is 0 Å². The van der Waals surface area contributed by atoms with Crippen LogP contribution in [0, 0.1) is 0 Å². The Balaban J connectivity index is 2.17. The summed E-state index contributed by atoms with van der Waals surface area (Å²) in [6.07, 6.45) is 2.42. The van der Waals surface area contributed by atoms with E-state index in [2.05, 4.69) is 17.3 Å².